The van der Waals surface area contributed by atoms with Crippen molar-refractivity contribution in [2.24, 2.45) is 0 Å². The maximum Gasteiger partial charge on any atom is 0.394 e. The lowest BCUT2D eigenvalue weighted by Gasteiger charge is -2.04. The van der Waals surface area contributed by atoms with Gasteiger partial charge >= 0.3 is 11.9 Å². The van der Waals surface area contributed by atoms with Crippen LogP contribution in [0.4, 0.5) is 5.69 Å². The molecular weight excluding hydrogens is 270 g/mol. The average Bonchev–Trinajstić information content (AvgIpc) is 2.41. The van der Waals surface area contributed by atoms with E-state index < -0.39 is 17.3 Å². The molecule has 0 unspecified atom stereocenters. The molecule has 98 valence electrons. The highest BCUT2D eigenvalue weighted by Crippen LogP contribution is 2.23. The lowest BCUT2D eigenvalue weighted by atomic mass is 10.2. The van der Waals surface area contributed by atoms with Crippen molar-refractivity contribution in [3.8, 4) is 5.75 Å². The fourth-order valence-electron chi connectivity index (χ4n) is 1.50. The van der Waals surface area contributed by atoms with Crippen molar-refractivity contribution in [1.82, 2.24) is 0 Å². The summed E-state index contributed by atoms with van der Waals surface area (Å²) >= 11 is 1.23. The highest BCUT2D eigenvalue weighted by molar-refractivity contribution is 7.16. The summed E-state index contributed by atoms with van der Waals surface area (Å²) in [7, 11) is 1.48. The molecule has 2 aromatic rings. The topological polar surface area (TPSA) is 92.7 Å². The van der Waals surface area contributed by atoms with Crippen LogP contribution in [-0.2, 0) is 9.59 Å². The maximum absolute atomic E-state index is 12.1. The number of anilines is 1. The van der Waals surface area contributed by atoms with E-state index >= 15 is 0 Å². The molecule has 1 aromatic carbocycles. The predicted octanol–water partition coefficient (Wildman–Crippen LogP) is 1.29. The van der Waals surface area contributed by atoms with Crippen molar-refractivity contribution in [3.63, 3.8) is 0 Å². The van der Waals surface area contributed by atoms with Gasteiger partial charge in [-0.2, -0.15) is 0 Å². The number of ether oxygens (including phenoxy) is 1. The monoisotopic (exact) mass is 279 g/mol. The summed E-state index contributed by atoms with van der Waals surface area (Å²) in [6.07, 6.45) is 0. The number of benzene rings is 1. The van der Waals surface area contributed by atoms with Crippen LogP contribution in [-0.4, -0.2) is 24.1 Å². The molecule has 6 nitrogen and oxygen atoms in total. The van der Waals surface area contributed by atoms with Gasteiger partial charge in [0, 0.05) is 15.5 Å². The van der Waals surface area contributed by atoms with Gasteiger partial charge in [0.05, 0.1) is 12.8 Å². The molecule has 0 bridgehead atoms. The minimum Gasteiger partial charge on any atom is -0.497 e. The van der Waals surface area contributed by atoms with Crippen molar-refractivity contribution in [2.45, 2.75) is 0 Å². The highest BCUT2D eigenvalue weighted by Gasteiger charge is 2.14. The van der Waals surface area contributed by atoms with Crippen LogP contribution in [0, 0.1) is 0 Å². The molecule has 0 saturated heterocycles. The summed E-state index contributed by atoms with van der Waals surface area (Å²) in [6, 6.07) is 4.99. The number of fused-ring (bicyclic) bond motifs is 1. The standard InChI is InChI=1S/C12H9NO5S/c1-18-6-2-3-9-7(4-6)10(14)8(5-19-9)13-11(15)12(16)17/h2-5H,1H3,(H,13,15)(H,16,17). The third-order valence-corrected chi connectivity index (χ3v) is 3.39. The van der Waals surface area contributed by atoms with E-state index in [9.17, 15) is 14.4 Å². The number of hydrogen-bond donors (Lipinski definition) is 2. The van der Waals surface area contributed by atoms with Crippen LogP contribution in [0.1, 0.15) is 0 Å². The van der Waals surface area contributed by atoms with Gasteiger partial charge in [-0.05, 0) is 18.2 Å². The molecule has 1 heterocycles. The van der Waals surface area contributed by atoms with Gasteiger partial charge in [-0.15, -0.1) is 11.3 Å². The smallest absolute Gasteiger partial charge is 0.394 e. The Balaban J connectivity index is 2.53. The molecule has 0 atom stereocenters. The van der Waals surface area contributed by atoms with E-state index in [1.54, 1.807) is 18.2 Å². The number of nitrogens with one attached hydrogen (secondary N) is 1. The highest BCUT2D eigenvalue weighted by atomic mass is 32.1. The first-order chi connectivity index (χ1) is 9.02. The van der Waals surface area contributed by atoms with E-state index in [0.29, 0.717) is 11.1 Å². The van der Waals surface area contributed by atoms with E-state index in [4.69, 9.17) is 9.84 Å². The largest absolute Gasteiger partial charge is 0.497 e. The van der Waals surface area contributed by atoms with Gasteiger partial charge < -0.3 is 15.2 Å². The van der Waals surface area contributed by atoms with Gasteiger partial charge in [0.2, 0.25) is 5.43 Å². The van der Waals surface area contributed by atoms with Crippen molar-refractivity contribution >= 4 is 39.0 Å². The zero-order valence-electron chi connectivity index (χ0n) is 9.80. The molecule has 0 aliphatic carbocycles. The molecule has 0 fully saturated rings. The SMILES string of the molecule is COc1ccc2scc(NC(=O)C(=O)O)c(=O)c2c1. The summed E-state index contributed by atoms with van der Waals surface area (Å²) < 4.78 is 5.74. The number of carbonyl (C=O) groups is 2. The van der Waals surface area contributed by atoms with Gasteiger partial charge in [-0.3, -0.25) is 9.59 Å². The number of carboxylic acid groups (broad SMARTS) is 1. The second kappa shape index (κ2) is 5.07. The van der Waals surface area contributed by atoms with Crippen LogP contribution in [0.5, 0.6) is 5.75 Å². The Labute approximate surface area is 111 Å². The van der Waals surface area contributed by atoms with Crippen molar-refractivity contribution in [1.29, 1.82) is 0 Å². The fourth-order valence-corrected chi connectivity index (χ4v) is 2.34. The third kappa shape index (κ3) is 2.55. The first-order valence-corrected chi connectivity index (χ1v) is 6.04. The molecule has 0 spiro atoms. The number of aliphatic carboxylic acids is 1. The van der Waals surface area contributed by atoms with Crippen LogP contribution in [0.3, 0.4) is 0 Å². The molecular formula is C12H9NO5S. The lowest BCUT2D eigenvalue weighted by Crippen LogP contribution is -2.25. The molecule has 1 aromatic heterocycles. The Hall–Kier alpha value is -2.41. The van der Waals surface area contributed by atoms with Crippen molar-refractivity contribution in [3.05, 3.63) is 33.8 Å². The first-order valence-electron chi connectivity index (χ1n) is 5.16. The fraction of sp³-hybridized carbons (Fsp3) is 0.0833. The molecule has 0 aliphatic heterocycles. The van der Waals surface area contributed by atoms with Gasteiger partial charge in [-0.1, -0.05) is 0 Å². The van der Waals surface area contributed by atoms with Gasteiger partial charge in [0.15, 0.2) is 0 Å². The molecule has 0 saturated carbocycles. The summed E-state index contributed by atoms with van der Waals surface area (Å²) in [5.41, 5.74) is -0.500. The minimum absolute atomic E-state index is 0.0573. The number of hydrogen-bond acceptors (Lipinski definition) is 5. The summed E-state index contributed by atoms with van der Waals surface area (Å²) in [4.78, 5) is 33.6. The second-order valence-electron chi connectivity index (χ2n) is 3.60. The van der Waals surface area contributed by atoms with Crippen LogP contribution < -0.4 is 15.5 Å². The van der Waals surface area contributed by atoms with E-state index in [-0.39, 0.29) is 5.69 Å². The zero-order valence-corrected chi connectivity index (χ0v) is 10.6. The molecule has 19 heavy (non-hydrogen) atoms. The van der Waals surface area contributed by atoms with Crippen LogP contribution in [0.15, 0.2) is 28.4 Å². The predicted molar refractivity (Wildman–Crippen MR) is 70.9 cm³/mol. The summed E-state index contributed by atoms with van der Waals surface area (Å²) in [5, 5.41) is 12.3. The number of methoxy groups -OCH3 is 1. The van der Waals surface area contributed by atoms with Gasteiger partial charge in [0.1, 0.15) is 5.75 Å². The minimum atomic E-state index is -1.64. The zero-order chi connectivity index (χ0) is 14.0. The number of carboxylic acids is 1. The Morgan fingerprint density at radius 3 is 2.74 bits per heavy atom. The van der Waals surface area contributed by atoms with Crippen molar-refractivity contribution in [2.75, 3.05) is 12.4 Å². The second-order valence-corrected chi connectivity index (χ2v) is 4.51. The number of rotatable bonds is 2. The molecule has 1 amide bonds. The van der Waals surface area contributed by atoms with Crippen LogP contribution >= 0.6 is 11.3 Å². The van der Waals surface area contributed by atoms with Crippen molar-refractivity contribution < 1.29 is 19.4 Å². The van der Waals surface area contributed by atoms with E-state index in [0.717, 1.165) is 4.70 Å². The molecule has 7 heteroatoms. The lowest BCUT2D eigenvalue weighted by molar-refractivity contribution is -0.147. The maximum atomic E-state index is 12.1. The Bertz CT molecular complexity index is 722. The van der Waals surface area contributed by atoms with Gasteiger partial charge in [0.25, 0.3) is 0 Å². The molecule has 0 aliphatic rings. The third-order valence-electron chi connectivity index (χ3n) is 2.42. The number of carbonyl (C=O) groups excluding carboxylic acids is 1. The molecule has 2 N–H and O–H groups in total. The first kappa shape index (κ1) is 13.0. The van der Waals surface area contributed by atoms with E-state index in [2.05, 4.69) is 5.32 Å². The Kier molecular flexibility index (Phi) is 3.48. The Morgan fingerprint density at radius 1 is 1.37 bits per heavy atom. The van der Waals surface area contributed by atoms with Crippen LogP contribution in [0.2, 0.25) is 0 Å². The number of amides is 1. The Morgan fingerprint density at radius 2 is 2.11 bits per heavy atom. The quantitative estimate of drug-likeness (QED) is 0.808. The van der Waals surface area contributed by atoms with E-state index in [1.165, 1.54) is 23.8 Å². The molecule has 0 radical (unpaired) electrons. The summed E-state index contributed by atoms with van der Waals surface area (Å²) in [6.45, 7) is 0. The average molecular weight is 279 g/mol. The normalized spacial score (nSPS) is 10.2. The van der Waals surface area contributed by atoms with Crippen LogP contribution in [0.25, 0.3) is 10.1 Å². The summed E-state index contributed by atoms with van der Waals surface area (Å²) in [5.74, 6) is -2.37. The van der Waals surface area contributed by atoms with E-state index in [1.807, 2.05) is 0 Å². The molecule has 2 rings (SSSR count). The van der Waals surface area contributed by atoms with Gasteiger partial charge in [-0.25, -0.2) is 4.79 Å².